The fourth-order valence-electron chi connectivity index (χ4n) is 2.68. The highest BCUT2D eigenvalue weighted by molar-refractivity contribution is 7.91. The van der Waals surface area contributed by atoms with Gasteiger partial charge in [-0.3, -0.25) is 4.79 Å². The zero-order valence-corrected chi connectivity index (χ0v) is 14.8. The van der Waals surface area contributed by atoms with Crippen LogP contribution in [-0.2, 0) is 9.84 Å². The zero-order chi connectivity index (χ0) is 17.0. The van der Waals surface area contributed by atoms with Gasteiger partial charge in [0.15, 0.2) is 9.84 Å². The van der Waals surface area contributed by atoms with Crippen LogP contribution in [0.15, 0.2) is 18.3 Å². The Morgan fingerprint density at radius 1 is 1.43 bits per heavy atom. The molecule has 1 amide bonds. The van der Waals surface area contributed by atoms with Gasteiger partial charge in [-0.1, -0.05) is 13.8 Å². The second-order valence-electron chi connectivity index (χ2n) is 6.35. The number of aromatic nitrogens is 1. The molecule has 0 saturated carbocycles. The summed E-state index contributed by atoms with van der Waals surface area (Å²) in [5.41, 5.74) is 1.23. The summed E-state index contributed by atoms with van der Waals surface area (Å²) in [6.45, 7) is 7.42. The smallest absolute Gasteiger partial charge is 0.272 e. The van der Waals surface area contributed by atoms with E-state index in [2.05, 4.69) is 24.1 Å². The number of rotatable bonds is 6. The van der Waals surface area contributed by atoms with Gasteiger partial charge in [0.1, 0.15) is 5.69 Å². The normalized spacial score (nSPS) is 19.7. The quantitative estimate of drug-likeness (QED) is 0.855. The van der Waals surface area contributed by atoms with Crippen molar-refractivity contribution in [2.45, 2.75) is 33.2 Å². The molecule has 23 heavy (non-hydrogen) atoms. The van der Waals surface area contributed by atoms with Gasteiger partial charge in [-0.25, -0.2) is 13.4 Å². The predicted molar refractivity (Wildman–Crippen MR) is 91.3 cm³/mol. The van der Waals surface area contributed by atoms with Gasteiger partial charge in [-0.05, 0) is 31.4 Å². The van der Waals surface area contributed by atoms with Crippen LogP contribution < -0.4 is 5.32 Å². The van der Waals surface area contributed by atoms with Crippen molar-refractivity contribution in [1.29, 1.82) is 0 Å². The number of hydrogen-bond acceptors (Lipinski definition) is 5. The minimum atomic E-state index is -3.01. The maximum Gasteiger partial charge on any atom is 0.272 e. The van der Waals surface area contributed by atoms with Gasteiger partial charge in [0.2, 0.25) is 0 Å². The van der Waals surface area contributed by atoms with Gasteiger partial charge < -0.3 is 10.2 Å². The summed E-state index contributed by atoms with van der Waals surface area (Å²) in [7, 11) is -3.01. The minimum absolute atomic E-state index is 0.0562. The van der Waals surface area contributed by atoms with E-state index in [4.69, 9.17) is 0 Å². The van der Waals surface area contributed by atoms with Crippen molar-refractivity contribution in [2.24, 2.45) is 5.92 Å². The summed E-state index contributed by atoms with van der Waals surface area (Å²) in [4.78, 5) is 18.4. The first kappa shape index (κ1) is 17.7. The standard InChI is InChI=1S/C16H25N3O3S/c1-4-19(14-7-8-23(21,22)11-14)16(20)15-6-5-13(10-18-15)17-9-12(2)3/h5-6,10,12,14,17H,4,7-9,11H2,1-3H3. The third kappa shape index (κ3) is 4.67. The molecule has 1 N–H and O–H groups in total. The molecule has 1 aromatic heterocycles. The molecule has 1 atom stereocenters. The summed E-state index contributed by atoms with van der Waals surface area (Å²) < 4.78 is 23.3. The van der Waals surface area contributed by atoms with Crippen LogP contribution in [0.25, 0.3) is 0 Å². The first-order valence-electron chi connectivity index (χ1n) is 8.03. The van der Waals surface area contributed by atoms with Crippen LogP contribution in [0, 0.1) is 5.92 Å². The molecule has 1 aromatic rings. The Kier molecular flexibility index (Phi) is 5.62. The van der Waals surface area contributed by atoms with Crippen LogP contribution >= 0.6 is 0 Å². The Morgan fingerprint density at radius 3 is 2.65 bits per heavy atom. The molecule has 1 aliphatic rings. The van der Waals surface area contributed by atoms with Crippen LogP contribution in [0.1, 0.15) is 37.7 Å². The van der Waals surface area contributed by atoms with Gasteiger partial charge in [0.05, 0.1) is 23.4 Å². The fraction of sp³-hybridized carbons (Fsp3) is 0.625. The number of nitrogens with one attached hydrogen (secondary N) is 1. The lowest BCUT2D eigenvalue weighted by Gasteiger charge is -2.26. The van der Waals surface area contributed by atoms with Crippen LogP contribution in [0.3, 0.4) is 0 Å². The molecular formula is C16H25N3O3S. The van der Waals surface area contributed by atoms with E-state index in [0.29, 0.717) is 24.6 Å². The third-order valence-corrected chi connectivity index (χ3v) is 5.70. The topological polar surface area (TPSA) is 79.4 Å². The van der Waals surface area contributed by atoms with Crippen LogP contribution in [0.4, 0.5) is 5.69 Å². The lowest BCUT2D eigenvalue weighted by molar-refractivity contribution is 0.0702. The largest absolute Gasteiger partial charge is 0.384 e. The average molecular weight is 339 g/mol. The Balaban J connectivity index is 2.06. The van der Waals surface area contributed by atoms with E-state index in [1.807, 2.05) is 13.0 Å². The van der Waals surface area contributed by atoms with E-state index in [9.17, 15) is 13.2 Å². The van der Waals surface area contributed by atoms with Crippen molar-refractivity contribution >= 4 is 21.4 Å². The molecule has 0 radical (unpaired) electrons. The number of nitrogens with zero attached hydrogens (tertiary/aromatic N) is 2. The van der Waals surface area contributed by atoms with Crippen LogP contribution in [0.5, 0.6) is 0 Å². The number of amides is 1. The lowest BCUT2D eigenvalue weighted by atomic mass is 10.2. The Morgan fingerprint density at radius 2 is 2.17 bits per heavy atom. The Hall–Kier alpha value is -1.63. The molecule has 1 aliphatic heterocycles. The first-order valence-corrected chi connectivity index (χ1v) is 9.86. The summed E-state index contributed by atoms with van der Waals surface area (Å²) in [6.07, 6.45) is 2.16. The highest BCUT2D eigenvalue weighted by atomic mass is 32.2. The van der Waals surface area contributed by atoms with Gasteiger partial charge in [0.25, 0.3) is 5.91 Å². The second kappa shape index (κ2) is 7.29. The van der Waals surface area contributed by atoms with E-state index in [0.717, 1.165) is 12.2 Å². The van der Waals surface area contributed by atoms with Crippen molar-refractivity contribution in [1.82, 2.24) is 9.88 Å². The fourth-order valence-corrected chi connectivity index (χ4v) is 4.41. The van der Waals surface area contributed by atoms with Crippen molar-refractivity contribution in [3.63, 3.8) is 0 Å². The highest BCUT2D eigenvalue weighted by Crippen LogP contribution is 2.19. The van der Waals surface area contributed by atoms with Crippen LogP contribution in [0.2, 0.25) is 0 Å². The number of carbonyl (C=O) groups excluding carboxylic acids is 1. The number of hydrogen-bond donors (Lipinski definition) is 1. The Labute approximate surface area is 138 Å². The van der Waals surface area contributed by atoms with Crippen LogP contribution in [-0.4, -0.2) is 54.8 Å². The molecule has 6 nitrogen and oxygen atoms in total. The maximum atomic E-state index is 12.6. The van der Waals surface area contributed by atoms with Gasteiger partial charge in [0, 0.05) is 19.1 Å². The van der Waals surface area contributed by atoms with Crippen molar-refractivity contribution in [3.8, 4) is 0 Å². The molecule has 2 heterocycles. The number of carbonyl (C=O) groups is 1. The predicted octanol–water partition coefficient (Wildman–Crippen LogP) is 1.80. The summed E-state index contributed by atoms with van der Waals surface area (Å²) >= 11 is 0. The molecule has 1 unspecified atom stereocenters. The van der Waals surface area contributed by atoms with E-state index in [-0.39, 0.29) is 23.5 Å². The second-order valence-corrected chi connectivity index (χ2v) is 8.58. The number of pyridine rings is 1. The molecule has 1 fully saturated rings. The van der Waals surface area contributed by atoms with E-state index in [1.165, 1.54) is 0 Å². The first-order chi connectivity index (χ1) is 10.8. The highest BCUT2D eigenvalue weighted by Gasteiger charge is 2.34. The minimum Gasteiger partial charge on any atom is -0.384 e. The van der Waals surface area contributed by atoms with Gasteiger partial charge >= 0.3 is 0 Å². The number of sulfone groups is 1. The van der Waals surface area contributed by atoms with E-state index in [1.54, 1.807) is 17.2 Å². The maximum absolute atomic E-state index is 12.6. The lowest BCUT2D eigenvalue weighted by Crippen LogP contribution is -2.41. The molecule has 2 rings (SSSR count). The molecule has 0 bridgehead atoms. The SMILES string of the molecule is CCN(C(=O)c1ccc(NCC(C)C)cn1)C1CCS(=O)(=O)C1. The third-order valence-electron chi connectivity index (χ3n) is 3.95. The van der Waals surface area contributed by atoms with Gasteiger partial charge in [-0.2, -0.15) is 0 Å². The monoisotopic (exact) mass is 339 g/mol. The molecule has 0 aromatic carbocycles. The molecule has 0 aliphatic carbocycles. The molecular weight excluding hydrogens is 314 g/mol. The molecule has 7 heteroatoms. The summed E-state index contributed by atoms with van der Waals surface area (Å²) in [5, 5.41) is 3.25. The average Bonchev–Trinajstić information content (AvgIpc) is 2.86. The molecule has 128 valence electrons. The van der Waals surface area contributed by atoms with E-state index < -0.39 is 9.84 Å². The van der Waals surface area contributed by atoms with Gasteiger partial charge in [-0.15, -0.1) is 0 Å². The van der Waals surface area contributed by atoms with Crippen molar-refractivity contribution in [3.05, 3.63) is 24.0 Å². The van der Waals surface area contributed by atoms with Crippen molar-refractivity contribution in [2.75, 3.05) is 29.9 Å². The number of anilines is 1. The molecule has 0 spiro atoms. The van der Waals surface area contributed by atoms with Crippen molar-refractivity contribution < 1.29 is 13.2 Å². The van der Waals surface area contributed by atoms with E-state index >= 15 is 0 Å². The summed E-state index contributed by atoms with van der Waals surface area (Å²) in [6, 6.07) is 3.29. The summed E-state index contributed by atoms with van der Waals surface area (Å²) in [5.74, 6) is 0.536. The zero-order valence-electron chi connectivity index (χ0n) is 13.9. The Bertz CT molecular complexity index is 641. The molecule has 1 saturated heterocycles.